The molecule has 27 heavy (non-hydrogen) atoms. The Labute approximate surface area is 171 Å². The minimum Gasteiger partial charge on any atom is -0.342 e. The molecule has 0 radical (unpaired) electrons. The van der Waals surface area contributed by atoms with E-state index in [1.807, 2.05) is 23.2 Å². The first-order chi connectivity index (χ1) is 13.1. The molecule has 1 saturated heterocycles. The number of nitrogens with one attached hydrogen (secondary N) is 1. The van der Waals surface area contributed by atoms with Gasteiger partial charge in [-0.25, -0.2) is 15.0 Å². The van der Waals surface area contributed by atoms with Gasteiger partial charge in [0.1, 0.15) is 11.6 Å². The second kappa shape index (κ2) is 7.41. The quantitative estimate of drug-likeness (QED) is 0.440. The Hall–Kier alpha value is -2.23. The van der Waals surface area contributed by atoms with E-state index < -0.39 is 0 Å². The molecule has 0 saturated carbocycles. The maximum Gasteiger partial charge on any atom is 0.227 e. The van der Waals surface area contributed by atoms with Crippen molar-refractivity contribution in [1.29, 1.82) is 0 Å². The van der Waals surface area contributed by atoms with Crippen LogP contribution in [0.5, 0.6) is 0 Å². The fourth-order valence-electron chi connectivity index (χ4n) is 3.41. The number of nitrogens with zero attached hydrogens (tertiary/aromatic N) is 5. The minimum atomic E-state index is 0.191. The summed E-state index contributed by atoms with van der Waals surface area (Å²) >= 11 is 2.08. The summed E-state index contributed by atoms with van der Waals surface area (Å²) in [5.74, 6) is 1.62. The number of carbonyl (C=O) groups is 1. The van der Waals surface area contributed by atoms with Gasteiger partial charge in [0.2, 0.25) is 5.91 Å². The summed E-state index contributed by atoms with van der Waals surface area (Å²) in [6.45, 7) is 5.13. The molecule has 3 aromatic heterocycles. The van der Waals surface area contributed by atoms with Crippen molar-refractivity contribution in [3.63, 3.8) is 0 Å². The molecule has 4 heterocycles. The van der Waals surface area contributed by atoms with Crippen LogP contribution in [0.2, 0.25) is 0 Å². The summed E-state index contributed by atoms with van der Waals surface area (Å²) in [6.07, 6.45) is 8.20. The molecular formula is C19H21IN6O. The van der Waals surface area contributed by atoms with Crippen molar-refractivity contribution in [2.24, 2.45) is 0 Å². The van der Waals surface area contributed by atoms with Gasteiger partial charge in [-0.1, -0.05) is 6.92 Å². The fraction of sp³-hybridized carbons (Fsp3) is 0.368. The first-order valence-electron chi connectivity index (χ1n) is 9.13. The highest BCUT2D eigenvalue weighted by atomic mass is 127. The number of hydrogen-bond acceptors (Lipinski definition) is 5. The summed E-state index contributed by atoms with van der Waals surface area (Å²) in [7, 11) is 0. The van der Waals surface area contributed by atoms with E-state index in [-0.39, 0.29) is 5.91 Å². The highest BCUT2D eigenvalue weighted by molar-refractivity contribution is 14.1. The van der Waals surface area contributed by atoms with Crippen molar-refractivity contribution in [3.05, 3.63) is 34.6 Å². The highest BCUT2D eigenvalue weighted by Gasteiger charge is 2.26. The topological polar surface area (TPSA) is 75.9 Å². The lowest BCUT2D eigenvalue weighted by molar-refractivity contribution is -0.117. The zero-order chi connectivity index (χ0) is 19.0. The molecular weight excluding hydrogens is 455 g/mol. The molecule has 8 heteroatoms. The van der Waals surface area contributed by atoms with Gasteiger partial charge in [-0.15, -0.1) is 0 Å². The van der Waals surface area contributed by atoms with Crippen molar-refractivity contribution >= 4 is 56.7 Å². The smallest absolute Gasteiger partial charge is 0.227 e. The minimum absolute atomic E-state index is 0.191. The van der Waals surface area contributed by atoms with Gasteiger partial charge in [0, 0.05) is 71.6 Å². The molecule has 1 aliphatic rings. The van der Waals surface area contributed by atoms with Gasteiger partial charge >= 0.3 is 0 Å². The van der Waals surface area contributed by atoms with E-state index in [4.69, 9.17) is 0 Å². The Balaban J connectivity index is 1.78. The Morgan fingerprint density at radius 1 is 1.33 bits per heavy atom. The van der Waals surface area contributed by atoms with E-state index >= 15 is 0 Å². The monoisotopic (exact) mass is 476 g/mol. The molecule has 0 aromatic carbocycles. The molecule has 1 N–H and O–H groups in total. The van der Waals surface area contributed by atoms with Crippen LogP contribution in [0.25, 0.3) is 10.9 Å². The van der Waals surface area contributed by atoms with Gasteiger partial charge in [0.15, 0.2) is 3.83 Å². The molecule has 7 nitrogen and oxygen atoms in total. The van der Waals surface area contributed by atoms with Crippen LogP contribution in [0, 0.1) is 3.83 Å². The number of rotatable bonds is 5. The van der Waals surface area contributed by atoms with E-state index in [0.717, 1.165) is 41.8 Å². The van der Waals surface area contributed by atoms with Gasteiger partial charge in [-0.05, 0) is 25.8 Å². The van der Waals surface area contributed by atoms with Crippen LogP contribution in [0.15, 0.2) is 30.7 Å². The largest absolute Gasteiger partial charge is 0.342 e. The summed E-state index contributed by atoms with van der Waals surface area (Å²) in [5.41, 5.74) is 2.03. The molecule has 0 spiro atoms. The van der Waals surface area contributed by atoms with E-state index in [2.05, 4.69) is 67.5 Å². The first-order valence-corrected chi connectivity index (χ1v) is 10.2. The summed E-state index contributed by atoms with van der Waals surface area (Å²) in [5, 5.41) is 4.26. The lowest BCUT2D eigenvalue weighted by atomic mass is 10.2. The summed E-state index contributed by atoms with van der Waals surface area (Å²) < 4.78 is 2.92. The van der Waals surface area contributed by atoms with Crippen LogP contribution in [0.4, 0.5) is 17.3 Å². The maximum atomic E-state index is 12.3. The van der Waals surface area contributed by atoms with Gasteiger partial charge in [-0.3, -0.25) is 4.79 Å². The third-order valence-electron chi connectivity index (χ3n) is 5.01. The zero-order valence-corrected chi connectivity index (χ0v) is 17.5. The number of halogens is 1. The van der Waals surface area contributed by atoms with Crippen molar-refractivity contribution in [2.45, 2.75) is 39.2 Å². The number of carbonyl (C=O) groups excluding carboxylic acids is 1. The van der Waals surface area contributed by atoms with Crippen LogP contribution in [-0.4, -0.2) is 32.0 Å². The average molecular weight is 476 g/mol. The Morgan fingerprint density at radius 3 is 2.89 bits per heavy atom. The Morgan fingerprint density at radius 2 is 2.19 bits per heavy atom. The second-order valence-corrected chi connectivity index (χ2v) is 7.72. The summed E-state index contributed by atoms with van der Waals surface area (Å²) in [4.78, 5) is 27.2. The van der Waals surface area contributed by atoms with Crippen molar-refractivity contribution in [3.8, 4) is 0 Å². The lowest BCUT2D eigenvalue weighted by Crippen LogP contribution is -2.23. The van der Waals surface area contributed by atoms with Crippen LogP contribution in [-0.2, 0) is 4.79 Å². The molecule has 0 aliphatic carbocycles. The lowest BCUT2D eigenvalue weighted by Gasteiger charge is -2.14. The van der Waals surface area contributed by atoms with Crippen molar-refractivity contribution in [1.82, 2.24) is 19.5 Å². The van der Waals surface area contributed by atoms with E-state index in [1.54, 1.807) is 6.20 Å². The van der Waals surface area contributed by atoms with E-state index in [9.17, 15) is 4.79 Å². The van der Waals surface area contributed by atoms with Crippen LogP contribution < -0.4 is 10.2 Å². The molecule has 1 amide bonds. The molecule has 3 aromatic rings. The van der Waals surface area contributed by atoms with Crippen molar-refractivity contribution in [2.75, 3.05) is 16.8 Å². The third kappa shape index (κ3) is 3.50. The first kappa shape index (κ1) is 18.1. The predicted octanol–water partition coefficient (Wildman–Crippen LogP) is 4.27. The third-order valence-corrected chi connectivity index (χ3v) is 5.53. The highest BCUT2D eigenvalue weighted by Crippen LogP contribution is 2.35. The van der Waals surface area contributed by atoms with Gasteiger partial charge in [0.25, 0.3) is 0 Å². The SMILES string of the molecule is CCC(C)n1cc(N2CCCC2=O)c2cnc(Nc3ccnc(I)n3)cc21. The Kier molecular flexibility index (Phi) is 4.98. The fourth-order valence-corrected chi connectivity index (χ4v) is 3.83. The zero-order valence-electron chi connectivity index (χ0n) is 15.3. The molecule has 0 bridgehead atoms. The van der Waals surface area contributed by atoms with Gasteiger partial charge < -0.3 is 14.8 Å². The number of aromatic nitrogens is 4. The van der Waals surface area contributed by atoms with E-state index in [0.29, 0.717) is 22.1 Å². The van der Waals surface area contributed by atoms with Crippen LogP contribution >= 0.6 is 22.6 Å². The maximum absolute atomic E-state index is 12.3. The van der Waals surface area contributed by atoms with Gasteiger partial charge in [0.05, 0.1) is 11.2 Å². The molecule has 1 fully saturated rings. The summed E-state index contributed by atoms with van der Waals surface area (Å²) in [6, 6.07) is 4.17. The number of pyridine rings is 1. The van der Waals surface area contributed by atoms with Crippen molar-refractivity contribution < 1.29 is 4.79 Å². The average Bonchev–Trinajstić information content (AvgIpc) is 3.24. The Bertz CT molecular complexity index is 1000. The van der Waals surface area contributed by atoms with Gasteiger partial charge in [-0.2, -0.15) is 0 Å². The molecule has 4 rings (SSSR count). The van der Waals surface area contributed by atoms with Crippen LogP contribution in [0.1, 0.15) is 39.2 Å². The normalized spacial score (nSPS) is 15.5. The molecule has 1 atom stereocenters. The number of amides is 1. The van der Waals surface area contributed by atoms with Crippen LogP contribution in [0.3, 0.4) is 0 Å². The number of fused-ring (bicyclic) bond motifs is 1. The standard InChI is InChI=1S/C19H21IN6O/c1-3-12(2)26-11-15(25-8-4-5-18(25)27)13-10-22-17(9-14(13)26)23-16-6-7-21-19(20)24-16/h6-7,9-12H,3-5,8H2,1-2H3,(H,21,22,23,24). The number of anilines is 3. The molecule has 1 aliphatic heterocycles. The second-order valence-electron chi connectivity index (χ2n) is 6.75. The molecule has 1 unspecified atom stereocenters. The predicted molar refractivity (Wildman–Crippen MR) is 114 cm³/mol. The molecule has 140 valence electrons. The number of hydrogen-bond donors (Lipinski definition) is 1. The van der Waals surface area contributed by atoms with E-state index in [1.165, 1.54) is 0 Å².